The summed E-state index contributed by atoms with van der Waals surface area (Å²) >= 11 is 0. The first-order valence-corrected chi connectivity index (χ1v) is 18.0. The van der Waals surface area contributed by atoms with Crippen molar-refractivity contribution in [3.05, 3.63) is 224 Å². The Morgan fingerprint density at radius 2 is 0.981 bits per heavy atom. The zero-order valence-corrected chi connectivity index (χ0v) is 33.5. The largest absolute Gasteiger partial charge is 2.00 e. The van der Waals surface area contributed by atoms with Gasteiger partial charge in [-0.25, -0.2) is 4.99 Å². The minimum Gasteiger partial charge on any atom is -0.663 e. The molecule has 53 heavy (non-hydrogen) atoms. The average Bonchev–Trinajstić information content (AvgIpc) is 3.99. The van der Waals surface area contributed by atoms with Crippen LogP contribution in [0.4, 0.5) is 0 Å². The van der Waals surface area contributed by atoms with Gasteiger partial charge in [-0.05, 0) is 97.4 Å². The van der Waals surface area contributed by atoms with Crippen molar-refractivity contribution in [3.63, 3.8) is 0 Å². The summed E-state index contributed by atoms with van der Waals surface area (Å²) in [4.78, 5) is 16.2. The summed E-state index contributed by atoms with van der Waals surface area (Å²) in [6.45, 7) is 8.49. The van der Waals surface area contributed by atoms with Crippen molar-refractivity contribution < 1.29 is 19.5 Å². The topological polar surface area (TPSA) is 52.9 Å². The first kappa shape index (κ1) is 34.4. The molecule has 0 amide bonds. The number of aliphatic imine (C=N–C) groups is 2. The number of rotatable bonds is 4. The molecule has 0 fully saturated rings. The first-order valence-electron chi connectivity index (χ1n) is 18.0. The molecule has 8 bridgehead atoms. The van der Waals surface area contributed by atoms with Gasteiger partial charge < -0.3 is 10.3 Å². The van der Waals surface area contributed by atoms with Crippen molar-refractivity contribution in [2.75, 3.05) is 0 Å². The Kier molecular flexibility index (Phi) is 9.14. The molecule has 0 saturated heterocycles. The van der Waals surface area contributed by atoms with Gasteiger partial charge in [-0.1, -0.05) is 138 Å². The third-order valence-corrected chi connectivity index (χ3v) is 10.3. The molecule has 0 aliphatic carbocycles. The Morgan fingerprint density at radius 1 is 0.509 bits per heavy atom. The Hall–Kier alpha value is -5.64. The predicted octanol–water partition coefficient (Wildman–Crippen LogP) is 11.3. The van der Waals surface area contributed by atoms with Crippen LogP contribution in [0.5, 0.6) is 0 Å². The van der Waals surface area contributed by atoms with Crippen LogP contribution in [0.3, 0.4) is 0 Å². The summed E-state index contributed by atoms with van der Waals surface area (Å²) in [5.41, 5.74) is 19.8. The Morgan fingerprint density at radius 3 is 1.53 bits per heavy atom. The molecule has 4 aliphatic rings. The number of nitrogens with zero attached hydrogens (tertiary/aromatic N) is 4. The monoisotopic (exact) mass is 734 g/mol. The van der Waals surface area contributed by atoms with E-state index in [0.717, 1.165) is 79.0 Å². The Bertz CT molecular complexity index is 2490. The van der Waals surface area contributed by atoms with E-state index in [-0.39, 0.29) is 25.4 Å². The van der Waals surface area contributed by atoms with Crippen LogP contribution in [0.15, 0.2) is 172 Å². The standard InChI is InChI=1S/C48H38N4.Zn/c1-29-5-13-33(14-6-29)45-37-21-23-39(49-37)46(34-15-7-30(2)8-16-34)41-25-27-43(51-41)48(36-19-11-32(4)12-20-36)44-28-26-42(52-44)47(40-24-22-38(45)50-40)35-17-9-31(3)10-18-35;/h5-27,47H,28H2,1-4H3;/q-2;+2/b45-38-,46-41-,48-44-;. The number of aryl methyl sites for hydroxylation is 4. The summed E-state index contributed by atoms with van der Waals surface area (Å²) in [7, 11) is 0. The fraction of sp³-hybridized carbons (Fsp3) is 0.125. The molecular formula is C48H38N4Zn. The summed E-state index contributed by atoms with van der Waals surface area (Å²) in [6, 6.07) is 39.1. The van der Waals surface area contributed by atoms with Gasteiger partial charge >= 0.3 is 19.5 Å². The van der Waals surface area contributed by atoms with Crippen LogP contribution in [0.1, 0.15) is 68.2 Å². The molecule has 252 valence electrons. The summed E-state index contributed by atoms with van der Waals surface area (Å²) < 4.78 is 0. The number of fused-ring (bicyclic) bond motifs is 6. The molecule has 0 spiro atoms. The zero-order chi connectivity index (χ0) is 35.3. The normalized spacial score (nSPS) is 21.6. The third-order valence-electron chi connectivity index (χ3n) is 10.3. The molecule has 5 heteroatoms. The van der Waals surface area contributed by atoms with Crippen molar-refractivity contribution >= 4 is 28.1 Å². The minimum absolute atomic E-state index is 0. The van der Waals surface area contributed by atoms with Gasteiger partial charge in [0.15, 0.2) is 0 Å². The van der Waals surface area contributed by atoms with Gasteiger partial charge in [0.2, 0.25) is 0 Å². The van der Waals surface area contributed by atoms with Gasteiger partial charge in [0.1, 0.15) is 0 Å². The molecule has 0 saturated carbocycles. The van der Waals surface area contributed by atoms with E-state index in [9.17, 15) is 0 Å². The van der Waals surface area contributed by atoms with Gasteiger partial charge in [0.05, 0.1) is 22.8 Å². The maximum absolute atomic E-state index is 5.47. The molecule has 4 aliphatic heterocycles. The molecule has 4 nitrogen and oxygen atoms in total. The summed E-state index contributed by atoms with van der Waals surface area (Å²) in [5.74, 6) is -0.133. The molecule has 5 heterocycles. The second-order valence-corrected chi connectivity index (χ2v) is 14.1. The molecular weight excluding hydrogens is 698 g/mol. The molecule has 9 rings (SSSR count). The van der Waals surface area contributed by atoms with Gasteiger partial charge in [0.25, 0.3) is 0 Å². The van der Waals surface area contributed by atoms with Crippen LogP contribution < -0.4 is 4.98 Å². The SMILES string of the molecule is Cc1ccc(/C2=C3\CC=C([N-]3)C(c3ccc(C)cc3)C3=N/C(=C(/c4ccc(C)cc4)c4ccc([n-]4)/C(c4ccc(C)cc4)=C4/C=CC2=N4)C=C3)cc1.[Zn+2]. The molecule has 4 aromatic carbocycles. The van der Waals surface area contributed by atoms with Gasteiger partial charge in [-0.3, -0.25) is 4.99 Å². The van der Waals surface area contributed by atoms with E-state index in [0.29, 0.717) is 6.42 Å². The Labute approximate surface area is 324 Å². The smallest absolute Gasteiger partial charge is 0.663 e. The van der Waals surface area contributed by atoms with Crippen molar-refractivity contribution in [3.8, 4) is 0 Å². The maximum Gasteiger partial charge on any atom is 2.00 e. The van der Waals surface area contributed by atoms with Crippen LogP contribution in [0.2, 0.25) is 0 Å². The number of hydrogen-bond donors (Lipinski definition) is 0. The molecule has 0 radical (unpaired) electrons. The molecule has 0 N–H and O–H groups in total. The number of hydrogen-bond acceptors (Lipinski definition) is 2. The van der Waals surface area contributed by atoms with Crippen LogP contribution in [-0.2, 0) is 19.5 Å². The molecule has 1 unspecified atom stereocenters. The van der Waals surface area contributed by atoms with Crippen LogP contribution >= 0.6 is 0 Å². The van der Waals surface area contributed by atoms with Crippen molar-refractivity contribution in [1.29, 1.82) is 0 Å². The molecule has 5 aromatic rings. The fourth-order valence-corrected chi connectivity index (χ4v) is 7.48. The predicted molar refractivity (Wildman–Crippen MR) is 215 cm³/mol. The van der Waals surface area contributed by atoms with Crippen LogP contribution in [0.25, 0.3) is 22.0 Å². The third kappa shape index (κ3) is 6.51. The summed E-state index contributed by atoms with van der Waals surface area (Å²) in [5, 5.41) is 5.47. The van der Waals surface area contributed by atoms with Crippen molar-refractivity contribution in [2.24, 2.45) is 9.98 Å². The van der Waals surface area contributed by atoms with Crippen molar-refractivity contribution in [1.82, 2.24) is 4.98 Å². The quantitative estimate of drug-likeness (QED) is 0.170. The first-order chi connectivity index (χ1) is 25.4. The zero-order valence-electron chi connectivity index (χ0n) is 30.6. The minimum atomic E-state index is -0.133. The number of aromatic nitrogens is 1. The van der Waals surface area contributed by atoms with E-state index in [1.54, 1.807) is 0 Å². The Balaban J connectivity index is 0.00000400. The van der Waals surface area contributed by atoms with E-state index in [1.807, 2.05) is 0 Å². The van der Waals surface area contributed by atoms with Gasteiger partial charge in [-0.15, -0.1) is 22.8 Å². The molecule has 1 aromatic heterocycles. The van der Waals surface area contributed by atoms with E-state index in [4.69, 9.17) is 20.3 Å². The number of benzene rings is 4. The second kappa shape index (κ2) is 14.1. The van der Waals surface area contributed by atoms with E-state index < -0.39 is 0 Å². The van der Waals surface area contributed by atoms with E-state index in [2.05, 4.69) is 167 Å². The van der Waals surface area contributed by atoms with Crippen LogP contribution in [-0.4, -0.2) is 11.4 Å². The maximum atomic E-state index is 5.47. The van der Waals surface area contributed by atoms with E-state index in [1.165, 1.54) is 27.8 Å². The second-order valence-electron chi connectivity index (χ2n) is 14.1. The molecule has 1 atom stereocenters. The van der Waals surface area contributed by atoms with E-state index >= 15 is 0 Å². The average molecular weight is 736 g/mol. The fourth-order valence-electron chi connectivity index (χ4n) is 7.48. The van der Waals surface area contributed by atoms with Crippen molar-refractivity contribution in [2.45, 2.75) is 40.0 Å². The number of allylic oxidation sites excluding steroid dienone is 7. The van der Waals surface area contributed by atoms with Gasteiger partial charge in [0, 0.05) is 5.92 Å². The summed E-state index contributed by atoms with van der Waals surface area (Å²) in [6.07, 6.45) is 11.6. The van der Waals surface area contributed by atoms with Gasteiger partial charge in [-0.2, -0.15) is 0 Å². The van der Waals surface area contributed by atoms with Crippen LogP contribution in [0, 0.1) is 27.7 Å².